The highest BCUT2D eigenvalue weighted by Gasteiger charge is 2.43. The highest BCUT2D eigenvalue weighted by molar-refractivity contribution is 5.59. The number of nitrogens with zero attached hydrogens (tertiary/aromatic N) is 5. The minimum absolute atomic E-state index is 0.108. The Morgan fingerprint density at radius 3 is 2.58 bits per heavy atom. The van der Waals surface area contributed by atoms with Gasteiger partial charge in [-0.2, -0.15) is 17.7 Å². The van der Waals surface area contributed by atoms with Crippen molar-refractivity contribution in [2.75, 3.05) is 31.2 Å². The molecule has 1 spiro atoms. The zero-order valence-electron chi connectivity index (χ0n) is 13.5. The number of aromatic nitrogens is 4. The van der Waals surface area contributed by atoms with Gasteiger partial charge in [-0.3, -0.25) is 0 Å². The van der Waals surface area contributed by atoms with E-state index in [1.54, 1.807) is 6.92 Å². The van der Waals surface area contributed by atoms with E-state index in [1.165, 1.54) is 0 Å². The molecule has 0 amide bonds. The van der Waals surface area contributed by atoms with Gasteiger partial charge in [0.05, 0.1) is 6.61 Å². The zero-order chi connectivity index (χ0) is 17.1. The highest BCUT2D eigenvalue weighted by Crippen LogP contribution is 2.41. The molecule has 0 aliphatic carbocycles. The number of hydrogen-bond donors (Lipinski definition) is 0. The number of alkyl halides is 3. The first kappa shape index (κ1) is 15.6. The molecule has 6 nitrogen and oxygen atoms in total. The summed E-state index contributed by atoms with van der Waals surface area (Å²) in [5, 5.41) is 11.2. The smallest absolute Gasteiger partial charge is 0.381 e. The molecule has 4 heterocycles. The molecule has 0 N–H and O–H groups in total. The second kappa shape index (κ2) is 5.05. The molecule has 0 unspecified atom stereocenters. The van der Waals surface area contributed by atoms with Crippen molar-refractivity contribution in [2.45, 2.75) is 32.9 Å². The van der Waals surface area contributed by atoms with Crippen LogP contribution in [0.25, 0.3) is 5.65 Å². The molecule has 0 saturated carbocycles. The van der Waals surface area contributed by atoms with Gasteiger partial charge in [-0.15, -0.1) is 15.3 Å². The van der Waals surface area contributed by atoms with Gasteiger partial charge in [-0.25, -0.2) is 0 Å². The number of fused-ring (bicyclic) bond motifs is 1. The maximum absolute atomic E-state index is 13.1. The van der Waals surface area contributed by atoms with Crippen molar-refractivity contribution >= 4 is 11.5 Å². The van der Waals surface area contributed by atoms with Crippen LogP contribution in [0.2, 0.25) is 0 Å². The highest BCUT2D eigenvalue weighted by atomic mass is 19.4. The summed E-state index contributed by atoms with van der Waals surface area (Å²) in [5.74, 6) is -0.506. The summed E-state index contributed by atoms with van der Waals surface area (Å²) >= 11 is 0. The van der Waals surface area contributed by atoms with E-state index < -0.39 is 12.0 Å². The molecule has 4 rings (SSSR count). The van der Waals surface area contributed by atoms with Crippen LogP contribution in [0.3, 0.4) is 0 Å². The lowest BCUT2D eigenvalue weighted by atomic mass is 9.87. The fourth-order valence-corrected chi connectivity index (χ4v) is 3.68. The Morgan fingerprint density at radius 2 is 1.92 bits per heavy atom. The van der Waals surface area contributed by atoms with Crippen molar-refractivity contribution in [2.24, 2.45) is 5.41 Å². The molecule has 0 radical (unpaired) electrons. The van der Waals surface area contributed by atoms with E-state index >= 15 is 0 Å². The molecule has 1 atom stereocenters. The maximum atomic E-state index is 13.1. The van der Waals surface area contributed by atoms with Crippen LogP contribution >= 0.6 is 0 Å². The van der Waals surface area contributed by atoms with Crippen LogP contribution in [-0.4, -0.2) is 46.1 Å². The van der Waals surface area contributed by atoms with E-state index in [9.17, 15) is 13.2 Å². The second-order valence-electron chi connectivity index (χ2n) is 6.80. The molecule has 24 heavy (non-hydrogen) atoms. The van der Waals surface area contributed by atoms with Crippen LogP contribution in [-0.2, 0) is 10.9 Å². The summed E-state index contributed by atoms with van der Waals surface area (Å²) in [7, 11) is 0. The summed E-state index contributed by atoms with van der Waals surface area (Å²) in [6.07, 6.45) is -2.62. The Bertz CT molecular complexity index is 794. The standard InChI is InChI=1S/C15H18F3N5O/c1-9-10(2)12(22-5-3-14(7-22)4-6-24-8-14)21-23-11(9)19-20-13(23)15(16,17)18/h3-8H2,1-2H3/t14-/m0/s1. The van der Waals surface area contributed by atoms with Gasteiger partial charge in [-0.05, 0) is 26.7 Å². The third kappa shape index (κ3) is 2.25. The van der Waals surface area contributed by atoms with E-state index in [4.69, 9.17) is 4.74 Å². The number of halogens is 3. The summed E-state index contributed by atoms with van der Waals surface area (Å²) in [6, 6.07) is 0. The van der Waals surface area contributed by atoms with Crippen molar-refractivity contribution in [1.29, 1.82) is 0 Å². The van der Waals surface area contributed by atoms with Crippen molar-refractivity contribution in [3.63, 3.8) is 0 Å². The van der Waals surface area contributed by atoms with Gasteiger partial charge < -0.3 is 9.64 Å². The van der Waals surface area contributed by atoms with Gasteiger partial charge in [0.2, 0.25) is 0 Å². The molecule has 2 aromatic rings. The third-order valence-corrected chi connectivity index (χ3v) is 5.25. The monoisotopic (exact) mass is 341 g/mol. The molecular weight excluding hydrogens is 323 g/mol. The predicted octanol–water partition coefficient (Wildman–Crippen LogP) is 2.38. The number of hydrogen-bond acceptors (Lipinski definition) is 5. The summed E-state index contributed by atoms with van der Waals surface area (Å²) in [5.41, 5.74) is 1.78. The molecular formula is C15H18F3N5O. The van der Waals surface area contributed by atoms with Gasteiger partial charge in [-0.1, -0.05) is 0 Å². The van der Waals surface area contributed by atoms with Crippen LogP contribution in [0, 0.1) is 19.3 Å². The van der Waals surface area contributed by atoms with Gasteiger partial charge in [0.25, 0.3) is 5.82 Å². The fraction of sp³-hybridized carbons (Fsp3) is 0.667. The normalized spacial score (nSPS) is 24.6. The molecule has 130 valence electrons. The molecule has 2 aromatic heterocycles. The lowest BCUT2D eigenvalue weighted by Crippen LogP contribution is -2.29. The molecule has 0 aromatic carbocycles. The Morgan fingerprint density at radius 1 is 1.12 bits per heavy atom. The third-order valence-electron chi connectivity index (χ3n) is 5.25. The average molecular weight is 341 g/mol. The lowest BCUT2D eigenvalue weighted by Gasteiger charge is -2.24. The fourth-order valence-electron chi connectivity index (χ4n) is 3.68. The SMILES string of the molecule is Cc1c(N2CC[C@]3(CCOC3)C2)nn2c(C(F)(F)F)nnc2c1C. The van der Waals surface area contributed by atoms with Crippen LogP contribution < -0.4 is 4.90 Å². The molecule has 2 aliphatic heterocycles. The van der Waals surface area contributed by atoms with Crippen LogP contribution in [0.1, 0.15) is 29.8 Å². The van der Waals surface area contributed by atoms with Gasteiger partial charge in [0, 0.05) is 36.2 Å². The van der Waals surface area contributed by atoms with E-state index in [0.717, 1.165) is 42.6 Å². The van der Waals surface area contributed by atoms with Crippen LogP contribution in [0.15, 0.2) is 0 Å². The first-order valence-corrected chi connectivity index (χ1v) is 7.93. The Hall–Kier alpha value is -1.90. The van der Waals surface area contributed by atoms with Crippen molar-refractivity contribution in [3.05, 3.63) is 17.0 Å². The number of aryl methyl sites for hydroxylation is 1. The van der Waals surface area contributed by atoms with Crippen molar-refractivity contribution in [1.82, 2.24) is 19.8 Å². The Labute approximate surface area is 136 Å². The minimum atomic E-state index is -4.59. The first-order chi connectivity index (χ1) is 11.3. The number of anilines is 1. The van der Waals surface area contributed by atoms with E-state index in [-0.39, 0.29) is 11.1 Å². The largest absolute Gasteiger partial charge is 0.453 e. The Kier molecular flexibility index (Phi) is 3.28. The van der Waals surface area contributed by atoms with E-state index in [2.05, 4.69) is 20.2 Å². The maximum Gasteiger partial charge on any atom is 0.453 e. The zero-order valence-corrected chi connectivity index (χ0v) is 13.5. The quantitative estimate of drug-likeness (QED) is 0.797. The van der Waals surface area contributed by atoms with Gasteiger partial charge in [0.1, 0.15) is 0 Å². The first-order valence-electron chi connectivity index (χ1n) is 7.93. The molecule has 2 fully saturated rings. The molecule has 0 bridgehead atoms. The number of rotatable bonds is 1. The van der Waals surface area contributed by atoms with Gasteiger partial charge in [0.15, 0.2) is 11.5 Å². The second-order valence-corrected chi connectivity index (χ2v) is 6.80. The molecule has 2 aliphatic rings. The average Bonchev–Trinajstić information content (AvgIpc) is 3.23. The molecule has 9 heteroatoms. The van der Waals surface area contributed by atoms with Crippen LogP contribution in [0.4, 0.5) is 19.0 Å². The van der Waals surface area contributed by atoms with E-state index in [1.807, 2.05) is 6.92 Å². The van der Waals surface area contributed by atoms with Crippen molar-refractivity contribution < 1.29 is 17.9 Å². The topological polar surface area (TPSA) is 55.5 Å². The van der Waals surface area contributed by atoms with Gasteiger partial charge >= 0.3 is 6.18 Å². The molecule has 2 saturated heterocycles. The summed E-state index contributed by atoms with van der Waals surface area (Å²) in [6.45, 7) is 6.62. The number of ether oxygens (including phenoxy) is 1. The summed E-state index contributed by atoms with van der Waals surface area (Å²) < 4.78 is 45.8. The minimum Gasteiger partial charge on any atom is -0.381 e. The van der Waals surface area contributed by atoms with Crippen molar-refractivity contribution in [3.8, 4) is 0 Å². The lowest BCUT2D eigenvalue weighted by molar-refractivity contribution is -0.146. The predicted molar refractivity (Wildman–Crippen MR) is 80.0 cm³/mol. The Balaban J connectivity index is 1.79. The van der Waals surface area contributed by atoms with E-state index in [0.29, 0.717) is 18.0 Å². The van der Waals surface area contributed by atoms with Crippen LogP contribution in [0.5, 0.6) is 0 Å². The summed E-state index contributed by atoms with van der Waals surface area (Å²) in [4.78, 5) is 2.07.